The number of nitrogens with two attached hydrogens (primary N) is 2. The van der Waals surface area contributed by atoms with Crippen molar-refractivity contribution in [2.75, 3.05) is 25.5 Å². The average Bonchev–Trinajstić information content (AvgIpc) is 2.86. The molecule has 0 fully saturated rings. The summed E-state index contributed by atoms with van der Waals surface area (Å²) < 4.78 is 7.79. The monoisotopic (exact) mass is 479 g/mol. The van der Waals surface area contributed by atoms with Crippen LogP contribution < -0.4 is 32.9 Å². The number of nitrogens with zero attached hydrogens (tertiary/aromatic N) is 4. The Bertz CT molecular complexity index is 1240. The quantitative estimate of drug-likeness (QED) is 0.203. The number of methoxy groups -OCH3 is 1. The molecule has 0 aliphatic heterocycles. The zero-order valence-electron chi connectivity index (χ0n) is 20.2. The molecular formula is C25H33N7O3. The van der Waals surface area contributed by atoms with Crippen molar-refractivity contribution in [3.63, 3.8) is 0 Å². The minimum atomic E-state index is -0.625. The number of aliphatic imine (C=N–C) groups is 1. The standard InChI is InChI=1S/C25H33N7O3/c1-3-4-5-18-6-8-19(9-7-18)17-32-24(33)30-23(29-15-14-28-22(26)27)31(25(32)34)16-20-10-12-21(35-2)13-11-20/h6-13H,3-5,14-17H2,1-2H3,(H4,26,27,28)(H,29,30,33). The molecule has 0 radical (unpaired) electrons. The van der Waals surface area contributed by atoms with Crippen LogP contribution in [0.15, 0.2) is 63.1 Å². The molecule has 3 rings (SSSR count). The number of aromatic nitrogens is 3. The van der Waals surface area contributed by atoms with Crippen LogP contribution in [0, 0.1) is 0 Å². The summed E-state index contributed by atoms with van der Waals surface area (Å²) in [6, 6.07) is 15.3. The van der Waals surface area contributed by atoms with E-state index in [1.165, 1.54) is 10.1 Å². The maximum absolute atomic E-state index is 13.4. The van der Waals surface area contributed by atoms with E-state index in [4.69, 9.17) is 16.2 Å². The highest BCUT2D eigenvalue weighted by Crippen LogP contribution is 2.13. The van der Waals surface area contributed by atoms with Gasteiger partial charge in [-0.3, -0.25) is 9.56 Å². The SMILES string of the molecule is CCCCc1ccc(Cn2c(=O)nc(NCCN=C(N)N)n(Cc3ccc(OC)cc3)c2=O)cc1. The van der Waals surface area contributed by atoms with Gasteiger partial charge in [-0.1, -0.05) is 49.7 Å². The largest absolute Gasteiger partial charge is 0.497 e. The second-order valence-electron chi connectivity index (χ2n) is 8.17. The van der Waals surface area contributed by atoms with Gasteiger partial charge in [0.2, 0.25) is 5.95 Å². The lowest BCUT2D eigenvalue weighted by Crippen LogP contribution is -2.43. The molecule has 0 aliphatic rings. The number of hydrogen-bond acceptors (Lipinski definition) is 6. The predicted molar refractivity (Wildman–Crippen MR) is 138 cm³/mol. The van der Waals surface area contributed by atoms with E-state index in [1.807, 2.05) is 48.5 Å². The van der Waals surface area contributed by atoms with Crippen molar-refractivity contribution >= 4 is 11.9 Å². The second kappa shape index (κ2) is 12.4. The van der Waals surface area contributed by atoms with Gasteiger partial charge < -0.3 is 21.5 Å². The van der Waals surface area contributed by atoms with Gasteiger partial charge in [-0.25, -0.2) is 14.2 Å². The van der Waals surface area contributed by atoms with Gasteiger partial charge in [-0.05, 0) is 41.7 Å². The molecule has 10 heteroatoms. The van der Waals surface area contributed by atoms with Crippen LogP contribution in [0.1, 0.15) is 36.5 Å². The smallest absolute Gasteiger partial charge is 0.355 e. The molecule has 0 amide bonds. The average molecular weight is 480 g/mol. The molecule has 3 aromatic rings. The topological polar surface area (TPSA) is 143 Å². The Morgan fingerprint density at radius 2 is 1.57 bits per heavy atom. The molecule has 1 aromatic heterocycles. The lowest BCUT2D eigenvalue weighted by Gasteiger charge is -2.16. The Morgan fingerprint density at radius 1 is 0.971 bits per heavy atom. The lowest BCUT2D eigenvalue weighted by atomic mass is 10.1. The molecule has 0 saturated heterocycles. The molecule has 0 atom stereocenters. The first-order valence-electron chi connectivity index (χ1n) is 11.6. The van der Waals surface area contributed by atoms with E-state index in [2.05, 4.69) is 22.2 Å². The second-order valence-corrected chi connectivity index (χ2v) is 8.17. The van der Waals surface area contributed by atoms with Gasteiger partial charge in [0, 0.05) is 6.54 Å². The third-order valence-electron chi connectivity index (χ3n) is 5.52. The summed E-state index contributed by atoms with van der Waals surface area (Å²) in [6.45, 7) is 3.08. The Kier molecular flexibility index (Phi) is 9.05. The summed E-state index contributed by atoms with van der Waals surface area (Å²) in [7, 11) is 1.59. The fourth-order valence-electron chi connectivity index (χ4n) is 3.58. The van der Waals surface area contributed by atoms with E-state index in [-0.39, 0.29) is 31.5 Å². The van der Waals surface area contributed by atoms with Crippen molar-refractivity contribution in [3.8, 4) is 5.75 Å². The summed E-state index contributed by atoms with van der Waals surface area (Å²) in [5, 5.41) is 3.01. The third kappa shape index (κ3) is 7.20. The first-order valence-corrected chi connectivity index (χ1v) is 11.6. The van der Waals surface area contributed by atoms with E-state index < -0.39 is 11.4 Å². The number of guanidine groups is 1. The number of unbranched alkanes of at least 4 members (excludes halogenated alkanes) is 1. The molecule has 2 aromatic carbocycles. The zero-order chi connectivity index (χ0) is 25.2. The molecule has 0 spiro atoms. The number of hydrogen-bond donors (Lipinski definition) is 3. The van der Waals surface area contributed by atoms with Crippen molar-refractivity contribution < 1.29 is 4.74 Å². The highest BCUT2D eigenvalue weighted by molar-refractivity contribution is 5.75. The van der Waals surface area contributed by atoms with E-state index in [0.717, 1.165) is 35.0 Å². The van der Waals surface area contributed by atoms with E-state index >= 15 is 0 Å². The minimum Gasteiger partial charge on any atom is -0.497 e. The van der Waals surface area contributed by atoms with Crippen LogP contribution in [0.3, 0.4) is 0 Å². The van der Waals surface area contributed by atoms with Gasteiger partial charge in [-0.2, -0.15) is 4.98 Å². The van der Waals surface area contributed by atoms with Crippen LogP contribution in [0.2, 0.25) is 0 Å². The molecule has 0 aliphatic carbocycles. The van der Waals surface area contributed by atoms with Gasteiger partial charge in [0.25, 0.3) is 0 Å². The zero-order valence-corrected chi connectivity index (χ0v) is 20.2. The fourth-order valence-corrected chi connectivity index (χ4v) is 3.58. The van der Waals surface area contributed by atoms with Gasteiger partial charge in [0.05, 0.1) is 26.7 Å². The summed E-state index contributed by atoms with van der Waals surface area (Å²) in [5.74, 6) is 0.835. The number of nitrogens with one attached hydrogen (secondary N) is 1. The summed E-state index contributed by atoms with van der Waals surface area (Å²) in [4.78, 5) is 34.3. The number of anilines is 1. The molecular weight excluding hydrogens is 446 g/mol. The van der Waals surface area contributed by atoms with E-state index in [1.54, 1.807) is 7.11 Å². The Labute approximate surface area is 204 Å². The molecule has 0 saturated carbocycles. The van der Waals surface area contributed by atoms with Crippen LogP contribution >= 0.6 is 0 Å². The van der Waals surface area contributed by atoms with Crippen LogP contribution in [0.4, 0.5) is 5.95 Å². The minimum absolute atomic E-state index is 0.0356. The summed E-state index contributed by atoms with van der Waals surface area (Å²) >= 11 is 0. The summed E-state index contributed by atoms with van der Waals surface area (Å²) in [6.07, 6.45) is 3.26. The Morgan fingerprint density at radius 3 is 2.17 bits per heavy atom. The van der Waals surface area contributed by atoms with Gasteiger partial charge in [-0.15, -0.1) is 0 Å². The van der Waals surface area contributed by atoms with Gasteiger partial charge in [0.1, 0.15) is 5.75 Å². The van der Waals surface area contributed by atoms with Gasteiger partial charge >= 0.3 is 11.4 Å². The van der Waals surface area contributed by atoms with Gasteiger partial charge in [0.15, 0.2) is 5.96 Å². The molecule has 5 N–H and O–H groups in total. The van der Waals surface area contributed by atoms with Crippen molar-refractivity contribution in [2.24, 2.45) is 16.5 Å². The summed E-state index contributed by atoms with van der Waals surface area (Å²) in [5.41, 5.74) is 12.6. The van der Waals surface area contributed by atoms with Crippen molar-refractivity contribution in [2.45, 2.75) is 39.3 Å². The number of rotatable bonds is 12. The first-order chi connectivity index (χ1) is 16.9. The molecule has 0 unspecified atom stereocenters. The van der Waals surface area contributed by atoms with Crippen molar-refractivity contribution in [1.82, 2.24) is 14.1 Å². The van der Waals surface area contributed by atoms with E-state index in [9.17, 15) is 9.59 Å². The molecule has 186 valence electrons. The molecule has 1 heterocycles. The number of ether oxygens (including phenoxy) is 1. The first kappa shape index (κ1) is 25.5. The number of benzene rings is 2. The molecule has 10 nitrogen and oxygen atoms in total. The third-order valence-corrected chi connectivity index (χ3v) is 5.52. The highest BCUT2D eigenvalue weighted by atomic mass is 16.5. The normalized spacial score (nSPS) is 10.7. The predicted octanol–water partition coefficient (Wildman–Crippen LogP) is 1.54. The highest BCUT2D eigenvalue weighted by Gasteiger charge is 2.14. The Balaban J connectivity index is 1.92. The van der Waals surface area contributed by atoms with Crippen LogP contribution in [-0.2, 0) is 19.5 Å². The molecule has 35 heavy (non-hydrogen) atoms. The maximum Gasteiger partial charge on any atom is 0.355 e. The Hall–Kier alpha value is -4.08. The lowest BCUT2D eigenvalue weighted by molar-refractivity contribution is 0.414. The molecule has 0 bridgehead atoms. The fraction of sp³-hybridized carbons (Fsp3) is 0.360. The van der Waals surface area contributed by atoms with Crippen LogP contribution in [0.25, 0.3) is 0 Å². The van der Waals surface area contributed by atoms with Crippen molar-refractivity contribution in [1.29, 1.82) is 0 Å². The van der Waals surface area contributed by atoms with E-state index in [0.29, 0.717) is 12.3 Å². The van der Waals surface area contributed by atoms with Crippen LogP contribution in [0.5, 0.6) is 5.75 Å². The number of aryl methyl sites for hydroxylation is 1. The van der Waals surface area contributed by atoms with Crippen molar-refractivity contribution in [3.05, 3.63) is 86.2 Å². The van der Waals surface area contributed by atoms with Crippen LogP contribution in [-0.4, -0.2) is 40.3 Å². The maximum atomic E-state index is 13.4.